The van der Waals surface area contributed by atoms with Crippen LogP contribution in [-0.2, 0) is 11.2 Å². The summed E-state index contributed by atoms with van der Waals surface area (Å²) >= 11 is 6.39. The monoisotopic (exact) mass is 373 g/mol. The average Bonchev–Trinajstić information content (AvgIpc) is 2.62. The van der Waals surface area contributed by atoms with E-state index in [1.807, 2.05) is 12.1 Å². The van der Waals surface area contributed by atoms with E-state index < -0.39 is 5.91 Å². The topological polar surface area (TPSA) is 94.3 Å². The maximum absolute atomic E-state index is 12.6. The van der Waals surface area contributed by atoms with Crippen LogP contribution in [0, 0.1) is 6.92 Å². The van der Waals surface area contributed by atoms with Gasteiger partial charge in [0.25, 0.3) is 5.91 Å². The van der Waals surface area contributed by atoms with Crippen molar-refractivity contribution in [2.45, 2.75) is 19.4 Å². The van der Waals surface area contributed by atoms with E-state index in [0.29, 0.717) is 29.4 Å². The van der Waals surface area contributed by atoms with Crippen LogP contribution < -0.4 is 11.1 Å². The minimum atomic E-state index is -0.656. The first-order valence-electron chi connectivity index (χ1n) is 8.36. The zero-order valence-electron chi connectivity index (χ0n) is 14.4. The van der Waals surface area contributed by atoms with Crippen LogP contribution in [-0.4, -0.2) is 36.4 Å². The van der Waals surface area contributed by atoms with Gasteiger partial charge in [0.15, 0.2) is 5.78 Å². The van der Waals surface area contributed by atoms with Crippen molar-refractivity contribution in [2.24, 2.45) is 5.73 Å². The van der Waals surface area contributed by atoms with E-state index in [-0.39, 0.29) is 24.0 Å². The quantitative estimate of drug-likeness (QED) is 0.784. The van der Waals surface area contributed by atoms with Crippen LogP contribution in [0.4, 0.5) is 0 Å². The molecular formula is C19H20ClN3O3. The lowest BCUT2D eigenvalue weighted by molar-refractivity contribution is 0.0277. The first-order valence-corrected chi connectivity index (χ1v) is 8.74. The highest BCUT2D eigenvalue weighted by Gasteiger charge is 2.19. The molecule has 0 spiro atoms. The van der Waals surface area contributed by atoms with Gasteiger partial charge in [0.2, 0.25) is 0 Å². The molecule has 2 aromatic rings. The number of benzene rings is 1. The van der Waals surface area contributed by atoms with Crippen LogP contribution in [0.3, 0.4) is 0 Å². The number of halogens is 1. The Kier molecular flexibility index (Phi) is 5.66. The number of primary amides is 1. The zero-order valence-corrected chi connectivity index (χ0v) is 15.2. The summed E-state index contributed by atoms with van der Waals surface area (Å²) in [5.41, 5.74) is 8.03. The van der Waals surface area contributed by atoms with Gasteiger partial charge < -0.3 is 15.8 Å². The summed E-state index contributed by atoms with van der Waals surface area (Å²) in [7, 11) is 0. The zero-order chi connectivity index (χ0) is 18.7. The summed E-state index contributed by atoms with van der Waals surface area (Å²) in [6.45, 7) is 3.90. The van der Waals surface area contributed by atoms with E-state index in [0.717, 1.165) is 17.7 Å². The second kappa shape index (κ2) is 7.95. The highest BCUT2D eigenvalue weighted by molar-refractivity contribution is 6.31. The van der Waals surface area contributed by atoms with Crippen LogP contribution in [0.2, 0.25) is 5.02 Å². The lowest BCUT2D eigenvalue weighted by Crippen LogP contribution is -2.33. The van der Waals surface area contributed by atoms with Gasteiger partial charge in [-0.25, -0.2) is 4.98 Å². The average molecular weight is 374 g/mol. The fourth-order valence-electron chi connectivity index (χ4n) is 2.95. The minimum absolute atomic E-state index is 0.0815. The molecule has 1 aromatic carbocycles. The second-order valence-electron chi connectivity index (χ2n) is 6.27. The van der Waals surface area contributed by atoms with Gasteiger partial charge in [-0.3, -0.25) is 9.59 Å². The van der Waals surface area contributed by atoms with Crippen LogP contribution >= 0.6 is 11.6 Å². The molecule has 1 aliphatic rings. The Morgan fingerprint density at radius 2 is 2.15 bits per heavy atom. The van der Waals surface area contributed by atoms with E-state index in [1.165, 1.54) is 6.07 Å². The molecular weight excluding hydrogens is 354 g/mol. The molecule has 2 heterocycles. The number of amides is 1. The van der Waals surface area contributed by atoms with Crippen LogP contribution in [0.25, 0.3) is 0 Å². The molecule has 0 bridgehead atoms. The van der Waals surface area contributed by atoms with Gasteiger partial charge >= 0.3 is 0 Å². The first kappa shape index (κ1) is 18.5. The summed E-state index contributed by atoms with van der Waals surface area (Å²) in [4.78, 5) is 27.9. The Balaban J connectivity index is 1.77. The number of hydrogen-bond acceptors (Lipinski definition) is 5. The predicted molar refractivity (Wildman–Crippen MR) is 98.5 cm³/mol. The highest BCUT2D eigenvalue weighted by atomic mass is 35.5. The SMILES string of the molecule is Cc1cc(C(=O)Cc2ccc([C@H]3CNCCO3)c(Cl)c2)cc(C(N)=O)n1. The summed E-state index contributed by atoms with van der Waals surface area (Å²) in [5, 5.41) is 3.84. The van der Waals surface area contributed by atoms with Crippen LogP contribution in [0.1, 0.15) is 43.8 Å². The molecule has 6 nitrogen and oxygen atoms in total. The summed E-state index contributed by atoms with van der Waals surface area (Å²) in [5.74, 6) is -0.784. The van der Waals surface area contributed by atoms with Crippen molar-refractivity contribution in [3.8, 4) is 0 Å². The molecule has 1 fully saturated rings. The van der Waals surface area contributed by atoms with Gasteiger partial charge in [0.1, 0.15) is 5.69 Å². The number of ether oxygens (including phenoxy) is 1. The number of ketones is 1. The third-order valence-electron chi connectivity index (χ3n) is 4.23. The third kappa shape index (κ3) is 4.27. The molecule has 0 aliphatic carbocycles. The summed E-state index contributed by atoms with van der Waals surface area (Å²) in [6.07, 6.45) is 0.0905. The number of morpholine rings is 1. The Morgan fingerprint density at radius 1 is 1.35 bits per heavy atom. The van der Waals surface area contributed by atoms with Crippen molar-refractivity contribution in [1.29, 1.82) is 0 Å². The second-order valence-corrected chi connectivity index (χ2v) is 6.67. The number of hydrogen-bond donors (Lipinski definition) is 2. The Bertz CT molecular complexity index is 848. The molecule has 3 N–H and O–H groups in total. The number of Topliss-reactive ketones (excluding diaryl/α,β-unsaturated/α-hetero) is 1. The molecule has 0 unspecified atom stereocenters. The maximum atomic E-state index is 12.6. The number of nitrogens with one attached hydrogen (secondary N) is 1. The number of nitrogens with zero attached hydrogens (tertiary/aromatic N) is 1. The molecule has 1 saturated heterocycles. The molecule has 136 valence electrons. The molecule has 1 amide bonds. The molecule has 7 heteroatoms. The molecule has 0 saturated carbocycles. The maximum Gasteiger partial charge on any atom is 0.267 e. The largest absolute Gasteiger partial charge is 0.371 e. The fourth-order valence-corrected chi connectivity index (χ4v) is 3.27. The van der Waals surface area contributed by atoms with Crippen LogP contribution in [0.5, 0.6) is 0 Å². The normalized spacial score (nSPS) is 17.1. The highest BCUT2D eigenvalue weighted by Crippen LogP contribution is 2.28. The number of aryl methyl sites for hydroxylation is 1. The predicted octanol–water partition coefficient (Wildman–Crippen LogP) is 2.23. The lowest BCUT2D eigenvalue weighted by Gasteiger charge is -2.24. The number of carbonyl (C=O) groups excluding carboxylic acids is 2. The van der Waals surface area contributed by atoms with E-state index in [2.05, 4.69) is 10.3 Å². The van der Waals surface area contributed by atoms with Gasteiger partial charge in [-0.05, 0) is 30.7 Å². The van der Waals surface area contributed by atoms with Gasteiger partial charge in [0.05, 0.1) is 12.7 Å². The fraction of sp³-hybridized carbons (Fsp3) is 0.316. The lowest BCUT2D eigenvalue weighted by atomic mass is 9.99. The molecule has 26 heavy (non-hydrogen) atoms. The van der Waals surface area contributed by atoms with Crippen molar-refractivity contribution >= 4 is 23.3 Å². The number of nitrogens with two attached hydrogens (primary N) is 1. The Hall–Kier alpha value is -2.28. The van der Waals surface area contributed by atoms with Crippen molar-refractivity contribution in [1.82, 2.24) is 10.3 Å². The number of pyridine rings is 1. The van der Waals surface area contributed by atoms with Crippen molar-refractivity contribution in [2.75, 3.05) is 19.7 Å². The molecule has 1 aliphatic heterocycles. The number of carbonyl (C=O) groups is 2. The Labute approximate surface area is 156 Å². The molecule has 0 radical (unpaired) electrons. The van der Waals surface area contributed by atoms with Crippen LogP contribution in [0.15, 0.2) is 30.3 Å². The minimum Gasteiger partial charge on any atom is -0.371 e. The first-order chi connectivity index (χ1) is 12.4. The number of rotatable bonds is 5. The summed E-state index contributed by atoms with van der Waals surface area (Å²) < 4.78 is 5.72. The molecule has 3 rings (SSSR count). The van der Waals surface area contributed by atoms with E-state index >= 15 is 0 Å². The molecule has 1 atom stereocenters. The Morgan fingerprint density at radius 3 is 2.81 bits per heavy atom. The smallest absolute Gasteiger partial charge is 0.267 e. The number of aromatic nitrogens is 1. The van der Waals surface area contributed by atoms with Crippen molar-refractivity contribution in [3.05, 3.63) is 63.4 Å². The van der Waals surface area contributed by atoms with Gasteiger partial charge in [0, 0.05) is 41.4 Å². The van der Waals surface area contributed by atoms with Gasteiger partial charge in [-0.15, -0.1) is 0 Å². The van der Waals surface area contributed by atoms with Gasteiger partial charge in [-0.2, -0.15) is 0 Å². The van der Waals surface area contributed by atoms with E-state index in [1.54, 1.807) is 19.1 Å². The van der Waals surface area contributed by atoms with Crippen molar-refractivity contribution < 1.29 is 14.3 Å². The summed E-state index contributed by atoms with van der Waals surface area (Å²) in [6, 6.07) is 8.63. The molecule has 1 aromatic heterocycles. The van der Waals surface area contributed by atoms with E-state index in [9.17, 15) is 9.59 Å². The van der Waals surface area contributed by atoms with Gasteiger partial charge in [-0.1, -0.05) is 23.7 Å². The van der Waals surface area contributed by atoms with E-state index in [4.69, 9.17) is 22.1 Å². The standard InChI is InChI=1S/C19H20ClN3O3/c1-11-6-13(9-16(23-11)19(21)25)17(24)8-12-2-3-14(15(20)7-12)18-10-22-4-5-26-18/h2-3,6-7,9,18,22H,4-5,8,10H2,1H3,(H2,21,25)/t18-/m1/s1. The van der Waals surface area contributed by atoms with Crippen molar-refractivity contribution in [3.63, 3.8) is 0 Å². The third-order valence-corrected chi connectivity index (χ3v) is 4.56.